The largest absolute Gasteiger partial charge is 0.369 e. The number of carbonyl (C=O) groups is 2. The molecule has 2 aliphatic heterocycles. The molecular formula is C18H26ClN4O2+. The van der Waals surface area contributed by atoms with Crippen LogP contribution in [0.25, 0.3) is 0 Å². The minimum atomic E-state index is -0.238. The van der Waals surface area contributed by atoms with Gasteiger partial charge in [0.1, 0.15) is 0 Å². The number of anilines is 1. The van der Waals surface area contributed by atoms with Gasteiger partial charge in [0, 0.05) is 26.2 Å². The number of primary amides is 1. The van der Waals surface area contributed by atoms with Crippen LogP contribution in [-0.2, 0) is 9.59 Å². The average molecular weight is 366 g/mol. The lowest BCUT2D eigenvalue weighted by molar-refractivity contribution is -0.899. The molecule has 3 rings (SSSR count). The second-order valence-corrected chi connectivity index (χ2v) is 7.35. The first-order valence-electron chi connectivity index (χ1n) is 8.94. The molecule has 2 heterocycles. The number of carbonyl (C=O) groups excluding carboxylic acids is 2. The monoisotopic (exact) mass is 365 g/mol. The molecule has 2 fully saturated rings. The fraction of sp³-hybridized carbons (Fsp3) is 0.556. The van der Waals surface area contributed by atoms with Gasteiger partial charge in [-0.15, -0.1) is 0 Å². The van der Waals surface area contributed by atoms with E-state index in [1.54, 1.807) is 0 Å². The lowest BCUT2D eigenvalue weighted by atomic mass is 9.97. The van der Waals surface area contributed by atoms with Gasteiger partial charge in [-0.25, -0.2) is 0 Å². The quantitative estimate of drug-likeness (QED) is 0.774. The molecule has 0 aromatic heterocycles. The van der Waals surface area contributed by atoms with E-state index in [2.05, 4.69) is 4.90 Å². The number of para-hydroxylation sites is 1. The molecule has 136 valence electrons. The van der Waals surface area contributed by atoms with Crippen molar-refractivity contribution < 1.29 is 14.5 Å². The number of nitrogens with two attached hydrogens (primary N) is 1. The number of nitrogens with zero attached hydrogens (tertiary/aromatic N) is 2. The van der Waals surface area contributed by atoms with E-state index in [0.717, 1.165) is 43.2 Å². The van der Waals surface area contributed by atoms with E-state index in [1.165, 1.54) is 4.90 Å². The Balaban J connectivity index is 1.50. The summed E-state index contributed by atoms with van der Waals surface area (Å²) in [5, 5.41) is 0.748. The van der Waals surface area contributed by atoms with Crippen molar-refractivity contribution in [2.75, 3.05) is 50.7 Å². The zero-order valence-electron chi connectivity index (χ0n) is 14.4. The summed E-state index contributed by atoms with van der Waals surface area (Å²) in [7, 11) is 0. The number of rotatable bonds is 4. The van der Waals surface area contributed by atoms with Crippen molar-refractivity contribution >= 4 is 29.1 Å². The van der Waals surface area contributed by atoms with Crippen molar-refractivity contribution in [1.29, 1.82) is 0 Å². The first-order chi connectivity index (χ1) is 12.0. The SMILES string of the molecule is NC(=O)[C@H]1CCC[NH+](CC(=O)N2CCN(c3ccccc3Cl)CC2)C1. The zero-order chi connectivity index (χ0) is 17.8. The molecule has 3 N–H and O–H groups in total. The standard InChI is InChI=1S/C18H25ClN4O2/c19-15-5-1-2-6-16(15)22-8-10-23(11-9-22)17(24)13-21-7-3-4-14(12-21)18(20)25/h1-2,5-6,14H,3-4,7-13H2,(H2,20,25)/p+1/t14-/m0/s1. The highest BCUT2D eigenvalue weighted by Crippen LogP contribution is 2.25. The van der Waals surface area contributed by atoms with Crippen molar-refractivity contribution in [1.82, 2.24) is 4.90 Å². The van der Waals surface area contributed by atoms with Crippen LogP contribution < -0.4 is 15.5 Å². The number of nitrogens with one attached hydrogen (secondary N) is 1. The Morgan fingerprint density at radius 1 is 1.20 bits per heavy atom. The van der Waals surface area contributed by atoms with Gasteiger partial charge < -0.3 is 20.4 Å². The van der Waals surface area contributed by atoms with E-state index in [1.807, 2.05) is 29.2 Å². The number of hydrogen-bond acceptors (Lipinski definition) is 3. The summed E-state index contributed by atoms with van der Waals surface area (Å²) in [4.78, 5) is 29.3. The molecule has 0 radical (unpaired) electrons. The number of likely N-dealkylation sites (tertiary alicyclic amines) is 1. The number of quaternary nitrogens is 1. The molecule has 7 heteroatoms. The van der Waals surface area contributed by atoms with Crippen LogP contribution >= 0.6 is 11.6 Å². The summed E-state index contributed by atoms with van der Waals surface area (Å²) in [5.74, 6) is -0.162. The molecule has 0 aliphatic carbocycles. The third kappa shape index (κ3) is 4.44. The minimum Gasteiger partial charge on any atom is -0.369 e. The molecule has 2 atom stereocenters. The highest BCUT2D eigenvalue weighted by molar-refractivity contribution is 6.33. The van der Waals surface area contributed by atoms with Gasteiger partial charge >= 0.3 is 0 Å². The number of hydrogen-bond donors (Lipinski definition) is 2. The van der Waals surface area contributed by atoms with E-state index in [4.69, 9.17) is 17.3 Å². The van der Waals surface area contributed by atoms with Crippen molar-refractivity contribution in [3.8, 4) is 0 Å². The topological polar surface area (TPSA) is 71.1 Å². The molecule has 0 bridgehead atoms. The molecule has 0 saturated carbocycles. The Morgan fingerprint density at radius 3 is 2.60 bits per heavy atom. The van der Waals surface area contributed by atoms with Crippen molar-refractivity contribution in [2.45, 2.75) is 12.8 Å². The second-order valence-electron chi connectivity index (χ2n) is 6.94. The second kappa shape index (κ2) is 8.06. The van der Waals surface area contributed by atoms with Crippen LogP contribution in [0.1, 0.15) is 12.8 Å². The Morgan fingerprint density at radius 2 is 1.92 bits per heavy atom. The number of piperidine rings is 1. The predicted octanol–water partition coefficient (Wildman–Crippen LogP) is -0.231. The maximum Gasteiger partial charge on any atom is 0.277 e. The van der Waals surface area contributed by atoms with Crippen LogP contribution in [0.3, 0.4) is 0 Å². The van der Waals surface area contributed by atoms with Crippen molar-refractivity contribution in [2.24, 2.45) is 11.7 Å². The maximum atomic E-state index is 12.6. The zero-order valence-corrected chi connectivity index (χ0v) is 15.2. The number of piperazine rings is 1. The van der Waals surface area contributed by atoms with Crippen LogP contribution in [0.4, 0.5) is 5.69 Å². The Bertz CT molecular complexity index is 631. The van der Waals surface area contributed by atoms with Crippen molar-refractivity contribution in [3.63, 3.8) is 0 Å². The van der Waals surface area contributed by atoms with E-state index in [0.29, 0.717) is 26.2 Å². The fourth-order valence-electron chi connectivity index (χ4n) is 3.79. The smallest absolute Gasteiger partial charge is 0.277 e. The lowest BCUT2D eigenvalue weighted by Crippen LogP contribution is -3.15. The summed E-state index contributed by atoms with van der Waals surface area (Å²) < 4.78 is 0. The van der Waals surface area contributed by atoms with Gasteiger partial charge in [-0.3, -0.25) is 9.59 Å². The van der Waals surface area contributed by atoms with Crippen LogP contribution in [0, 0.1) is 5.92 Å². The maximum absolute atomic E-state index is 12.6. The fourth-order valence-corrected chi connectivity index (χ4v) is 4.04. The first kappa shape index (κ1) is 18.0. The van der Waals surface area contributed by atoms with Crippen LogP contribution in [0.2, 0.25) is 5.02 Å². The van der Waals surface area contributed by atoms with Crippen LogP contribution in [0.5, 0.6) is 0 Å². The number of halogens is 1. The number of amides is 2. The predicted molar refractivity (Wildman–Crippen MR) is 97.7 cm³/mol. The summed E-state index contributed by atoms with van der Waals surface area (Å²) in [5.41, 5.74) is 6.45. The van der Waals surface area contributed by atoms with Gasteiger partial charge in [0.25, 0.3) is 5.91 Å². The molecule has 25 heavy (non-hydrogen) atoms. The van der Waals surface area contributed by atoms with E-state index in [9.17, 15) is 9.59 Å². The average Bonchev–Trinajstić information content (AvgIpc) is 2.62. The van der Waals surface area contributed by atoms with E-state index < -0.39 is 0 Å². The molecule has 1 aromatic rings. The first-order valence-corrected chi connectivity index (χ1v) is 9.32. The van der Waals surface area contributed by atoms with Crippen molar-refractivity contribution in [3.05, 3.63) is 29.3 Å². The molecule has 0 spiro atoms. The summed E-state index contributed by atoms with van der Waals surface area (Å²) in [6, 6.07) is 7.81. The van der Waals surface area contributed by atoms with Gasteiger partial charge in [-0.05, 0) is 25.0 Å². The minimum absolute atomic E-state index is 0.0892. The normalized spacial score (nSPS) is 24.2. The third-order valence-electron chi connectivity index (χ3n) is 5.25. The molecule has 6 nitrogen and oxygen atoms in total. The lowest BCUT2D eigenvalue weighted by Gasteiger charge is -2.37. The van der Waals surface area contributed by atoms with Gasteiger partial charge in [-0.2, -0.15) is 0 Å². The number of benzene rings is 1. The Hall–Kier alpha value is -1.79. The molecule has 2 amide bonds. The summed E-state index contributed by atoms with van der Waals surface area (Å²) in [6.45, 7) is 5.06. The highest BCUT2D eigenvalue weighted by Gasteiger charge is 2.30. The van der Waals surface area contributed by atoms with Gasteiger partial charge in [-0.1, -0.05) is 23.7 Å². The highest BCUT2D eigenvalue weighted by atomic mass is 35.5. The van der Waals surface area contributed by atoms with Gasteiger partial charge in [0.2, 0.25) is 5.91 Å². The molecule has 2 saturated heterocycles. The third-order valence-corrected chi connectivity index (χ3v) is 5.57. The van der Waals surface area contributed by atoms with Gasteiger partial charge in [0.05, 0.1) is 29.7 Å². The molecule has 2 aliphatic rings. The molecular weight excluding hydrogens is 340 g/mol. The van der Waals surface area contributed by atoms with Gasteiger partial charge in [0.15, 0.2) is 6.54 Å². The Kier molecular flexibility index (Phi) is 5.81. The van der Waals surface area contributed by atoms with Crippen LogP contribution in [-0.4, -0.2) is 62.5 Å². The Labute approximate surface area is 153 Å². The van der Waals surface area contributed by atoms with E-state index in [-0.39, 0.29) is 17.7 Å². The summed E-state index contributed by atoms with van der Waals surface area (Å²) in [6.07, 6.45) is 1.81. The van der Waals surface area contributed by atoms with Crippen LogP contribution in [0.15, 0.2) is 24.3 Å². The van der Waals surface area contributed by atoms with E-state index >= 15 is 0 Å². The molecule has 1 unspecified atom stereocenters. The summed E-state index contributed by atoms with van der Waals surface area (Å²) >= 11 is 6.26. The molecule has 1 aromatic carbocycles.